The summed E-state index contributed by atoms with van der Waals surface area (Å²) in [6.45, 7) is 1.13. The van der Waals surface area contributed by atoms with Crippen molar-refractivity contribution in [2.75, 3.05) is 59.0 Å². The van der Waals surface area contributed by atoms with Crippen LogP contribution >= 0.6 is 0 Å². The van der Waals surface area contributed by atoms with Gasteiger partial charge in [-0.1, -0.05) is 0 Å². The fourth-order valence-corrected chi connectivity index (χ4v) is 6.94. The normalized spacial score (nSPS) is 16.0. The van der Waals surface area contributed by atoms with Crippen molar-refractivity contribution in [2.24, 2.45) is 0 Å². The second-order valence-electron chi connectivity index (χ2n) is 10.4. The van der Waals surface area contributed by atoms with Gasteiger partial charge in [0.15, 0.2) is 11.5 Å². The van der Waals surface area contributed by atoms with Gasteiger partial charge >= 0.3 is 6.18 Å². The number of fused-ring (bicyclic) bond motifs is 1. The van der Waals surface area contributed by atoms with Crippen LogP contribution in [0.2, 0.25) is 0 Å². The summed E-state index contributed by atoms with van der Waals surface area (Å²) >= 11 is 0. The minimum Gasteiger partial charge on any atom is -0.495 e. The predicted molar refractivity (Wildman–Crippen MR) is 153 cm³/mol. The lowest BCUT2D eigenvalue weighted by molar-refractivity contribution is -0.137. The molecule has 1 fully saturated rings. The molecular weight excluding hydrogens is 606 g/mol. The molecular formula is C30H31F4N3O6S. The lowest BCUT2D eigenvalue weighted by Gasteiger charge is -2.37. The van der Waals surface area contributed by atoms with Crippen molar-refractivity contribution in [2.45, 2.75) is 24.0 Å². The molecule has 5 rings (SSSR count). The van der Waals surface area contributed by atoms with Crippen molar-refractivity contribution in [3.05, 3.63) is 76.6 Å². The molecule has 3 aromatic carbocycles. The van der Waals surface area contributed by atoms with E-state index in [1.165, 1.54) is 35.6 Å². The molecule has 0 unspecified atom stereocenters. The number of nitrogens with zero attached hydrogens (tertiary/aromatic N) is 3. The molecule has 44 heavy (non-hydrogen) atoms. The number of amides is 1. The molecule has 0 radical (unpaired) electrons. The van der Waals surface area contributed by atoms with Crippen molar-refractivity contribution in [1.29, 1.82) is 0 Å². The first-order valence-electron chi connectivity index (χ1n) is 13.7. The molecule has 0 aliphatic carbocycles. The minimum absolute atomic E-state index is 0.0650. The molecule has 0 spiro atoms. The Bertz CT molecular complexity index is 1670. The molecule has 14 heteroatoms. The summed E-state index contributed by atoms with van der Waals surface area (Å²) < 4.78 is 98.6. The molecule has 3 aromatic rings. The summed E-state index contributed by atoms with van der Waals surface area (Å²) in [6, 6.07) is 9.98. The molecule has 2 aliphatic rings. The largest absolute Gasteiger partial charge is 0.495 e. The Morgan fingerprint density at radius 2 is 1.43 bits per heavy atom. The van der Waals surface area contributed by atoms with Crippen LogP contribution < -0.4 is 19.1 Å². The standard InChI is InChI=1S/C30H31F4N3O6S/c1-41-26-5-4-24(44(39,40)37-7-6-19-14-27(42-2)28(43-3)15-21(19)18-37)17-25(26)35-8-10-36(11-9-35)29(38)20-12-22(30(32,33)34)16-23(31)13-20/h4-5,12-17H,6-11,18H2,1-3H3. The number of benzene rings is 3. The van der Waals surface area contributed by atoms with Crippen LogP contribution in [-0.2, 0) is 29.2 Å². The van der Waals surface area contributed by atoms with E-state index in [0.717, 1.165) is 17.2 Å². The molecule has 9 nitrogen and oxygen atoms in total. The second kappa shape index (κ2) is 12.2. The number of rotatable bonds is 7. The number of piperazine rings is 1. The maximum atomic E-state index is 13.9. The van der Waals surface area contributed by atoms with Gasteiger partial charge in [-0.2, -0.15) is 17.5 Å². The Labute approximate surface area is 252 Å². The molecule has 0 bridgehead atoms. The van der Waals surface area contributed by atoms with E-state index >= 15 is 0 Å². The lowest BCUT2D eigenvalue weighted by atomic mass is 10.0. The fourth-order valence-electron chi connectivity index (χ4n) is 5.50. The number of carbonyl (C=O) groups excluding carboxylic acids is 1. The van der Waals surface area contributed by atoms with Gasteiger partial charge in [0.25, 0.3) is 5.91 Å². The smallest absolute Gasteiger partial charge is 0.416 e. The summed E-state index contributed by atoms with van der Waals surface area (Å²) in [4.78, 5) is 16.2. The zero-order chi connectivity index (χ0) is 31.8. The maximum Gasteiger partial charge on any atom is 0.416 e. The van der Waals surface area contributed by atoms with Gasteiger partial charge < -0.3 is 24.0 Å². The third kappa shape index (κ3) is 6.13. The number of hydrogen-bond donors (Lipinski definition) is 0. The van der Waals surface area contributed by atoms with Crippen LogP contribution in [0, 0.1) is 5.82 Å². The second-order valence-corrected chi connectivity index (χ2v) is 12.3. The van der Waals surface area contributed by atoms with Crippen LogP contribution in [0.1, 0.15) is 27.0 Å². The van der Waals surface area contributed by atoms with Gasteiger partial charge in [-0.3, -0.25) is 4.79 Å². The monoisotopic (exact) mass is 637 g/mol. The van der Waals surface area contributed by atoms with Crippen molar-refractivity contribution in [3.8, 4) is 17.2 Å². The van der Waals surface area contributed by atoms with Crippen LogP contribution in [0.3, 0.4) is 0 Å². The third-order valence-electron chi connectivity index (χ3n) is 7.85. The van der Waals surface area contributed by atoms with E-state index in [0.29, 0.717) is 41.5 Å². The minimum atomic E-state index is -4.80. The number of ether oxygens (including phenoxy) is 3. The Morgan fingerprint density at radius 1 is 0.795 bits per heavy atom. The van der Waals surface area contributed by atoms with Crippen LogP contribution in [0.5, 0.6) is 17.2 Å². The quantitative estimate of drug-likeness (QED) is 0.351. The molecule has 0 aromatic heterocycles. The van der Waals surface area contributed by atoms with Gasteiger partial charge in [0.1, 0.15) is 11.6 Å². The summed E-state index contributed by atoms with van der Waals surface area (Å²) in [5.74, 6) is -0.373. The number of methoxy groups -OCH3 is 3. The average molecular weight is 638 g/mol. The van der Waals surface area contributed by atoms with E-state index < -0.39 is 39.1 Å². The zero-order valence-electron chi connectivity index (χ0n) is 24.3. The molecule has 1 saturated heterocycles. The molecule has 2 heterocycles. The number of alkyl halides is 3. The summed E-state index contributed by atoms with van der Waals surface area (Å²) in [7, 11) is 0.594. The highest BCUT2D eigenvalue weighted by Crippen LogP contribution is 2.37. The molecule has 2 aliphatic heterocycles. The lowest BCUT2D eigenvalue weighted by Crippen LogP contribution is -2.49. The van der Waals surface area contributed by atoms with E-state index in [1.54, 1.807) is 19.2 Å². The zero-order valence-corrected chi connectivity index (χ0v) is 25.1. The number of halogens is 4. The molecule has 236 valence electrons. The highest BCUT2D eigenvalue weighted by atomic mass is 32.2. The molecule has 0 N–H and O–H groups in total. The highest BCUT2D eigenvalue weighted by Gasteiger charge is 2.34. The first-order valence-corrected chi connectivity index (χ1v) is 15.1. The Balaban J connectivity index is 1.34. The summed E-state index contributed by atoms with van der Waals surface area (Å²) in [5.41, 5.74) is 0.654. The van der Waals surface area contributed by atoms with E-state index in [-0.39, 0.29) is 44.2 Å². The molecule has 0 atom stereocenters. The first-order chi connectivity index (χ1) is 20.8. The SMILES string of the molecule is COc1cc2c(cc1OC)CN(S(=O)(=O)c1ccc(OC)c(N3CCN(C(=O)c4cc(F)cc(C(F)(F)F)c4)CC3)c1)CC2. The number of carbonyl (C=O) groups is 1. The maximum absolute atomic E-state index is 13.9. The predicted octanol–water partition coefficient (Wildman–Crippen LogP) is 4.58. The Morgan fingerprint density at radius 3 is 2.05 bits per heavy atom. The van der Waals surface area contributed by atoms with Crippen LogP contribution in [0.4, 0.5) is 23.2 Å². The van der Waals surface area contributed by atoms with Gasteiger partial charge in [-0.15, -0.1) is 0 Å². The van der Waals surface area contributed by atoms with Gasteiger partial charge in [-0.25, -0.2) is 12.8 Å². The summed E-state index contributed by atoms with van der Waals surface area (Å²) in [5, 5.41) is 0. The van der Waals surface area contributed by atoms with E-state index in [4.69, 9.17) is 14.2 Å². The Hall–Kier alpha value is -4.04. The summed E-state index contributed by atoms with van der Waals surface area (Å²) in [6.07, 6.45) is -4.31. The van der Waals surface area contributed by atoms with E-state index in [1.807, 2.05) is 11.0 Å². The van der Waals surface area contributed by atoms with Crippen LogP contribution in [0.15, 0.2) is 53.4 Å². The first kappa shape index (κ1) is 31.4. The number of hydrogen-bond acceptors (Lipinski definition) is 7. The Kier molecular flexibility index (Phi) is 8.67. The number of anilines is 1. The highest BCUT2D eigenvalue weighted by molar-refractivity contribution is 7.89. The third-order valence-corrected chi connectivity index (χ3v) is 9.69. The molecule has 0 saturated carbocycles. The van der Waals surface area contributed by atoms with Crippen LogP contribution in [0.25, 0.3) is 0 Å². The fraction of sp³-hybridized carbons (Fsp3) is 0.367. The van der Waals surface area contributed by atoms with Gasteiger partial charge in [0.2, 0.25) is 10.0 Å². The number of sulfonamides is 1. The van der Waals surface area contributed by atoms with Crippen molar-refractivity contribution < 1.29 is 45.0 Å². The van der Waals surface area contributed by atoms with Gasteiger partial charge in [0.05, 0.1) is 37.5 Å². The topological polar surface area (TPSA) is 88.6 Å². The van der Waals surface area contributed by atoms with E-state index in [9.17, 15) is 30.8 Å². The van der Waals surface area contributed by atoms with E-state index in [2.05, 4.69) is 0 Å². The molecule has 1 amide bonds. The van der Waals surface area contributed by atoms with Crippen LogP contribution in [-0.4, -0.2) is 77.6 Å². The average Bonchev–Trinajstić information content (AvgIpc) is 3.02. The van der Waals surface area contributed by atoms with Gasteiger partial charge in [-0.05, 0) is 66.1 Å². The van der Waals surface area contributed by atoms with Crippen molar-refractivity contribution in [1.82, 2.24) is 9.21 Å². The van der Waals surface area contributed by atoms with Crippen molar-refractivity contribution in [3.63, 3.8) is 0 Å². The van der Waals surface area contributed by atoms with Gasteiger partial charge in [0, 0.05) is 44.8 Å². The van der Waals surface area contributed by atoms with Crippen molar-refractivity contribution >= 4 is 21.6 Å².